The highest BCUT2D eigenvalue weighted by molar-refractivity contribution is 6.02. The van der Waals surface area contributed by atoms with E-state index in [-0.39, 0.29) is 23.8 Å². The van der Waals surface area contributed by atoms with Crippen molar-refractivity contribution in [1.29, 1.82) is 0 Å². The molecule has 2 N–H and O–H groups in total. The Morgan fingerprint density at radius 2 is 2.05 bits per heavy atom. The average molecular weight is 289 g/mol. The van der Waals surface area contributed by atoms with E-state index in [9.17, 15) is 9.59 Å². The van der Waals surface area contributed by atoms with Crippen LogP contribution in [-0.4, -0.2) is 37.5 Å². The second kappa shape index (κ2) is 6.72. The zero-order chi connectivity index (χ0) is 15.4. The van der Waals surface area contributed by atoms with Crippen LogP contribution in [-0.2, 0) is 9.59 Å². The molecule has 5 heteroatoms. The van der Waals surface area contributed by atoms with Crippen LogP contribution >= 0.6 is 0 Å². The van der Waals surface area contributed by atoms with Crippen LogP contribution < -0.4 is 15.5 Å². The SMILES string of the molecule is CNCC(C)C(=O)NC1CC(C)N(c2ccccc2)C1=O. The Morgan fingerprint density at radius 1 is 1.38 bits per heavy atom. The van der Waals surface area contributed by atoms with Gasteiger partial charge >= 0.3 is 0 Å². The molecular weight excluding hydrogens is 266 g/mol. The second-order valence-electron chi connectivity index (χ2n) is 5.65. The summed E-state index contributed by atoms with van der Waals surface area (Å²) in [4.78, 5) is 26.4. The third-order valence-corrected chi connectivity index (χ3v) is 3.86. The molecule has 1 saturated heterocycles. The third kappa shape index (κ3) is 3.42. The highest BCUT2D eigenvalue weighted by atomic mass is 16.2. The molecule has 114 valence electrons. The van der Waals surface area contributed by atoms with Gasteiger partial charge in [0, 0.05) is 24.2 Å². The summed E-state index contributed by atoms with van der Waals surface area (Å²) in [6, 6.07) is 9.25. The lowest BCUT2D eigenvalue weighted by molar-refractivity contribution is -0.128. The van der Waals surface area contributed by atoms with Crippen LogP contribution in [0.5, 0.6) is 0 Å². The first-order valence-electron chi connectivity index (χ1n) is 7.37. The van der Waals surface area contributed by atoms with Gasteiger partial charge in [-0.25, -0.2) is 0 Å². The topological polar surface area (TPSA) is 61.4 Å². The highest BCUT2D eigenvalue weighted by Gasteiger charge is 2.39. The fourth-order valence-corrected chi connectivity index (χ4v) is 2.74. The van der Waals surface area contributed by atoms with Gasteiger partial charge in [-0.1, -0.05) is 25.1 Å². The maximum absolute atomic E-state index is 12.5. The molecule has 1 fully saturated rings. The van der Waals surface area contributed by atoms with E-state index in [0.717, 1.165) is 5.69 Å². The predicted molar refractivity (Wildman–Crippen MR) is 83.0 cm³/mol. The van der Waals surface area contributed by atoms with Crippen molar-refractivity contribution in [2.75, 3.05) is 18.5 Å². The molecule has 1 aliphatic heterocycles. The molecule has 0 radical (unpaired) electrons. The van der Waals surface area contributed by atoms with Gasteiger partial charge < -0.3 is 15.5 Å². The fraction of sp³-hybridized carbons (Fsp3) is 0.500. The van der Waals surface area contributed by atoms with Crippen LogP contribution in [0, 0.1) is 5.92 Å². The normalized spacial score (nSPS) is 23.2. The second-order valence-corrected chi connectivity index (χ2v) is 5.65. The number of benzene rings is 1. The first-order valence-corrected chi connectivity index (χ1v) is 7.37. The molecule has 0 saturated carbocycles. The number of carbonyl (C=O) groups is 2. The summed E-state index contributed by atoms with van der Waals surface area (Å²) < 4.78 is 0. The highest BCUT2D eigenvalue weighted by Crippen LogP contribution is 2.26. The molecule has 3 unspecified atom stereocenters. The zero-order valence-corrected chi connectivity index (χ0v) is 12.8. The Balaban J connectivity index is 2.05. The van der Waals surface area contributed by atoms with Gasteiger partial charge in [0.25, 0.3) is 0 Å². The Kier molecular flexibility index (Phi) is 4.96. The smallest absolute Gasteiger partial charge is 0.249 e. The molecule has 0 aromatic heterocycles. The molecule has 2 amide bonds. The van der Waals surface area contributed by atoms with Gasteiger partial charge in [-0.05, 0) is 32.5 Å². The van der Waals surface area contributed by atoms with E-state index in [1.165, 1.54) is 0 Å². The Bertz CT molecular complexity index is 504. The standard InChI is InChI=1S/C16H23N3O2/c1-11(10-17-3)15(20)18-14-9-12(2)19(16(14)21)13-7-5-4-6-8-13/h4-8,11-12,14,17H,9-10H2,1-3H3,(H,18,20). The van der Waals surface area contributed by atoms with E-state index >= 15 is 0 Å². The maximum atomic E-state index is 12.5. The monoisotopic (exact) mass is 289 g/mol. The lowest BCUT2D eigenvalue weighted by Crippen LogP contribution is -2.45. The van der Waals surface area contributed by atoms with Gasteiger partial charge in [0.1, 0.15) is 6.04 Å². The van der Waals surface area contributed by atoms with E-state index in [0.29, 0.717) is 13.0 Å². The molecule has 5 nitrogen and oxygen atoms in total. The molecule has 3 atom stereocenters. The van der Waals surface area contributed by atoms with E-state index in [4.69, 9.17) is 0 Å². The zero-order valence-electron chi connectivity index (χ0n) is 12.8. The maximum Gasteiger partial charge on any atom is 0.249 e. The lowest BCUT2D eigenvalue weighted by Gasteiger charge is -2.21. The number of nitrogens with zero attached hydrogens (tertiary/aromatic N) is 1. The molecule has 1 aromatic rings. The van der Waals surface area contributed by atoms with E-state index in [2.05, 4.69) is 10.6 Å². The van der Waals surface area contributed by atoms with Crippen molar-refractivity contribution in [1.82, 2.24) is 10.6 Å². The van der Waals surface area contributed by atoms with Gasteiger partial charge in [-0.2, -0.15) is 0 Å². The van der Waals surface area contributed by atoms with Crippen molar-refractivity contribution in [2.24, 2.45) is 5.92 Å². The number of hydrogen-bond acceptors (Lipinski definition) is 3. The van der Waals surface area contributed by atoms with E-state index < -0.39 is 6.04 Å². The third-order valence-electron chi connectivity index (χ3n) is 3.86. The van der Waals surface area contributed by atoms with Crippen LogP contribution in [0.25, 0.3) is 0 Å². The number of anilines is 1. The summed E-state index contributed by atoms with van der Waals surface area (Å²) in [7, 11) is 1.81. The number of nitrogens with one attached hydrogen (secondary N) is 2. The van der Waals surface area contributed by atoms with Gasteiger partial charge in [0.2, 0.25) is 11.8 Å². The number of carbonyl (C=O) groups excluding carboxylic acids is 2. The molecule has 0 aliphatic carbocycles. The first-order chi connectivity index (χ1) is 10.0. The van der Waals surface area contributed by atoms with Crippen LogP contribution in [0.15, 0.2) is 30.3 Å². The average Bonchev–Trinajstić information content (AvgIpc) is 2.74. The summed E-state index contributed by atoms with van der Waals surface area (Å²) in [5.74, 6) is -0.257. The predicted octanol–water partition coefficient (Wildman–Crippen LogP) is 1.15. The molecular formula is C16H23N3O2. The van der Waals surface area contributed by atoms with Crippen molar-refractivity contribution in [3.8, 4) is 0 Å². The summed E-state index contributed by atoms with van der Waals surface area (Å²) in [6.45, 7) is 4.46. The van der Waals surface area contributed by atoms with Crippen molar-refractivity contribution < 1.29 is 9.59 Å². The quantitative estimate of drug-likeness (QED) is 0.855. The summed E-state index contributed by atoms with van der Waals surface area (Å²) in [5.41, 5.74) is 0.884. The van der Waals surface area contributed by atoms with Crippen molar-refractivity contribution in [3.05, 3.63) is 30.3 Å². The largest absolute Gasteiger partial charge is 0.344 e. The minimum atomic E-state index is -0.424. The van der Waals surface area contributed by atoms with Crippen LogP contribution in [0.2, 0.25) is 0 Å². The number of amides is 2. The Labute approximate surface area is 125 Å². The fourth-order valence-electron chi connectivity index (χ4n) is 2.74. The molecule has 2 rings (SSSR count). The van der Waals surface area contributed by atoms with E-state index in [1.54, 1.807) is 4.90 Å². The van der Waals surface area contributed by atoms with Crippen molar-refractivity contribution >= 4 is 17.5 Å². The number of rotatable bonds is 5. The lowest BCUT2D eigenvalue weighted by atomic mass is 10.1. The first kappa shape index (κ1) is 15.5. The molecule has 1 aliphatic rings. The number of para-hydroxylation sites is 1. The van der Waals surface area contributed by atoms with Crippen molar-refractivity contribution in [3.63, 3.8) is 0 Å². The Morgan fingerprint density at radius 3 is 2.67 bits per heavy atom. The van der Waals surface area contributed by atoms with Gasteiger partial charge in [0.15, 0.2) is 0 Å². The number of hydrogen-bond donors (Lipinski definition) is 2. The van der Waals surface area contributed by atoms with Gasteiger partial charge in [0.05, 0.1) is 0 Å². The van der Waals surface area contributed by atoms with Gasteiger partial charge in [-0.15, -0.1) is 0 Å². The molecule has 1 heterocycles. The summed E-state index contributed by atoms with van der Waals surface area (Å²) in [5, 5.41) is 5.84. The van der Waals surface area contributed by atoms with Crippen molar-refractivity contribution in [2.45, 2.75) is 32.4 Å². The minimum Gasteiger partial charge on any atom is -0.344 e. The molecule has 0 bridgehead atoms. The van der Waals surface area contributed by atoms with Crippen LogP contribution in [0.3, 0.4) is 0 Å². The van der Waals surface area contributed by atoms with E-state index in [1.807, 2.05) is 51.2 Å². The Hall–Kier alpha value is -1.88. The van der Waals surface area contributed by atoms with Crippen LogP contribution in [0.4, 0.5) is 5.69 Å². The molecule has 1 aromatic carbocycles. The molecule has 0 spiro atoms. The van der Waals surface area contributed by atoms with Crippen LogP contribution in [0.1, 0.15) is 20.3 Å². The molecule has 21 heavy (non-hydrogen) atoms. The van der Waals surface area contributed by atoms with Gasteiger partial charge in [-0.3, -0.25) is 9.59 Å². The minimum absolute atomic E-state index is 0.0290. The summed E-state index contributed by atoms with van der Waals surface area (Å²) >= 11 is 0. The summed E-state index contributed by atoms with van der Waals surface area (Å²) in [6.07, 6.45) is 0.645.